The zero-order valence-corrected chi connectivity index (χ0v) is 17.0. The van der Waals surface area contributed by atoms with Gasteiger partial charge in [0, 0.05) is 20.0 Å². The van der Waals surface area contributed by atoms with Gasteiger partial charge in [-0.2, -0.15) is 0 Å². The summed E-state index contributed by atoms with van der Waals surface area (Å²) in [6.07, 6.45) is -4.35. The molecule has 0 spiro atoms. The summed E-state index contributed by atoms with van der Waals surface area (Å²) in [4.78, 5) is 0. The van der Waals surface area contributed by atoms with Gasteiger partial charge < -0.3 is 44.1 Å². The van der Waals surface area contributed by atoms with Gasteiger partial charge in [-0.25, -0.2) is 0 Å². The second-order valence-electron chi connectivity index (χ2n) is 7.93. The number of hydrogen-bond acceptors (Lipinski definition) is 9. The highest BCUT2D eigenvalue weighted by Crippen LogP contribution is 2.27. The van der Waals surface area contributed by atoms with E-state index in [4.69, 9.17) is 23.7 Å². The lowest BCUT2D eigenvalue weighted by Gasteiger charge is -2.39. The van der Waals surface area contributed by atoms with Crippen molar-refractivity contribution in [2.24, 2.45) is 5.92 Å². The van der Waals surface area contributed by atoms with Crippen LogP contribution in [0.4, 0.5) is 0 Å². The van der Waals surface area contributed by atoms with Crippen LogP contribution in [0.15, 0.2) is 0 Å². The van der Waals surface area contributed by atoms with Crippen molar-refractivity contribution >= 4 is 0 Å². The van der Waals surface area contributed by atoms with Gasteiger partial charge in [0.1, 0.15) is 6.10 Å². The largest absolute Gasteiger partial charge is 0.391 e. The van der Waals surface area contributed by atoms with Crippen molar-refractivity contribution in [2.45, 2.75) is 88.7 Å². The molecule has 0 radical (unpaired) electrons. The molecule has 0 aromatic rings. The average Bonchev–Trinajstić information content (AvgIpc) is 2.62. The Labute approximate surface area is 166 Å². The van der Waals surface area contributed by atoms with Crippen LogP contribution in [0.25, 0.3) is 0 Å². The van der Waals surface area contributed by atoms with Crippen LogP contribution >= 0.6 is 0 Å². The molecule has 5 unspecified atom stereocenters. The number of hydrogen-bond donors (Lipinski definition) is 4. The Hall–Kier alpha value is -0.360. The Morgan fingerprint density at radius 2 is 1.79 bits per heavy atom. The van der Waals surface area contributed by atoms with E-state index in [0.29, 0.717) is 19.4 Å². The molecule has 166 valence electrons. The van der Waals surface area contributed by atoms with Crippen molar-refractivity contribution in [2.75, 3.05) is 26.9 Å². The predicted octanol–water partition coefficient (Wildman–Crippen LogP) is -0.224. The van der Waals surface area contributed by atoms with Gasteiger partial charge >= 0.3 is 0 Å². The van der Waals surface area contributed by atoms with E-state index in [-0.39, 0.29) is 32.0 Å². The lowest BCUT2D eigenvalue weighted by molar-refractivity contribution is -0.291. The molecule has 0 aromatic heterocycles. The summed E-state index contributed by atoms with van der Waals surface area (Å²) in [7, 11) is 1.52. The van der Waals surface area contributed by atoms with Gasteiger partial charge in [-0.05, 0) is 25.7 Å². The third-order valence-electron chi connectivity index (χ3n) is 5.17. The molecule has 9 atom stereocenters. The number of rotatable bonds is 8. The standard InChI is InChI=1S/C19H36O9/c1-11-6-17(28-19-16(23)7-14(21)12(2)27-19)15(22)8-18(26-9-11)25-5-4-13(20)10-24-3/h11-23H,4-10H2,1-3H3/t11-,12-,13?,14?,15-,16-,17?,18?,19?/m0/s1. The molecule has 2 fully saturated rings. The minimum atomic E-state index is -0.954. The fourth-order valence-corrected chi connectivity index (χ4v) is 3.42. The van der Waals surface area contributed by atoms with E-state index in [0.717, 1.165) is 0 Å². The second-order valence-corrected chi connectivity index (χ2v) is 7.93. The number of aliphatic hydroxyl groups is 4. The van der Waals surface area contributed by atoms with E-state index in [1.165, 1.54) is 7.11 Å². The van der Waals surface area contributed by atoms with Crippen molar-refractivity contribution < 1.29 is 44.1 Å². The zero-order chi connectivity index (χ0) is 20.7. The van der Waals surface area contributed by atoms with Gasteiger partial charge in [-0.3, -0.25) is 0 Å². The summed E-state index contributed by atoms with van der Waals surface area (Å²) >= 11 is 0. The van der Waals surface area contributed by atoms with Crippen LogP contribution in [0.3, 0.4) is 0 Å². The van der Waals surface area contributed by atoms with E-state index in [9.17, 15) is 20.4 Å². The van der Waals surface area contributed by atoms with Gasteiger partial charge in [0.15, 0.2) is 12.6 Å². The summed E-state index contributed by atoms with van der Waals surface area (Å²) in [5, 5.41) is 40.3. The summed E-state index contributed by atoms with van der Waals surface area (Å²) in [6, 6.07) is 0. The molecule has 0 aromatic carbocycles. The first kappa shape index (κ1) is 23.9. The SMILES string of the molecule is COCC(O)CCOC1C[C@H](O)C(OC2O[C@@H](C)C(O)C[C@@H]2O)C[C@H](C)CO1. The van der Waals surface area contributed by atoms with Crippen LogP contribution in [0.2, 0.25) is 0 Å². The molecule has 0 saturated carbocycles. The quantitative estimate of drug-likeness (QED) is 0.431. The average molecular weight is 408 g/mol. The van der Waals surface area contributed by atoms with Gasteiger partial charge in [0.05, 0.1) is 50.3 Å². The monoisotopic (exact) mass is 408 g/mol. The zero-order valence-electron chi connectivity index (χ0n) is 17.0. The summed E-state index contributed by atoms with van der Waals surface area (Å²) < 4.78 is 27.8. The maximum atomic E-state index is 10.6. The highest BCUT2D eigenvalue weighted by molar-refractivity contribution is 4.82. The number of ether oxygens (including phenoxy) is 5. The van der Waals surface area contributed by atoms with Gasteiger partial charge in [-0.15, -0.1) is 0 Å². The lowest BCUT2D eigenvalue weighted by atomic mass is 9.96. The minimum Gasteiger partial charge on any atom is -0.391 e. The van der Waals surface area contributed by atoms with Crippen LogP contribution in [0.1, 0.15) is 39.5 Å². The normalized spacial score (nSPS) is 41.2. The molecule has 2 heterocycles. The molecule has 2 rings (SSSR count). The molecule has 0 bridgehead atoms. The van der Waals surface area contributed by atoms with E-state index in [2.05, 4.69) is 0 Å². The predicted molar refractivity (Wildman–Crippen MR) is 98.4 cm³/mol. The molecule has 28 heavy (non-hydrogen) atoms. The smallest absolute Gasteiger partial charge is 0.184 e. The van der Waals surface area contributed by atoms with E-state index < -0.39 is 49.2 Å². The second kappa shape index (κ2) is 11.7. The third-order valence-corrected chi connectivity index (χ3v) is 5.17. The molecule has 2 saturated heterocycles. The molecule has 9 heteroatoms. The Kier molecular flexibility index (Phi) is 10.0. The van der Waals surface area contributed by atoms with Crippen molar-refractivity contribution in [3.05, 3.63) is 0 Å². The summed E-state index contributed by atoms with van der Waals surface area (Å²) in [6.45, 7) is 4.67. The van der Waals surface area contributed by atoms with Crippen LogP contribution in [-0.4, -0.2) is 96.6 Å². The van der Waals surface area contributed by atoms with Crippen LogP contribution in [0.5, 0.6) is 0 Å². The maximum Gasteiger partial charge on any atom is 0.184 e. The molecular weight excluding hydrogens is 372 g/mol. The topological polar surface area (TPSA) is 127 Å². The molecule has 0 aliphatic carbocycles. The molecule has 2 aliphatic heterocycles. The Bertz CT molecular complexity index is 438. The number of aliphatic hydroxyl groups excluding tert-OH is 4. The van der Waals surface area contributed by atoms with Crippen molar-refractivity contribution in [1.82, 2.24) is 0 Å². The highest BCUT2D eigenvalue weighted by Gasteiger charge is 2.38. The lowest BCUT2D eigenvalue weighted by Crippen LogP contribution is -2.50. The van der Waals surface area contributed by atoms with Gasteiger partial charge in [-0.1, -0.05) is 6.92 Å². The first-order chi connectivity index (χ1) is 13.3. The van der Waals surface area contributed by atoms with Gasteiger partial charge in [0.2, 0.25) is 0 Å². The van der Waals surface area contributed by atoms with Crippen LogP contribution in [-0.2, 0) is 23.7 Å². The highest BCUT2D eigenvalue weighted by atomic mass is 16.7. The summed E-state index contributed by atoms with van der Waals surface area (Å²) in [5.74, 6) is 0.105. The van der Waals surface area contributed by atoms with Crippen molar-refractivity contribution in [3.63, 3.8) is 0 Å². The number of methoxy groups -OCH3 is 1. The fourth-order valence-electron chi connectivity index (χ4n) is 3.42. The molecule has 2 aliphatic rings. The molecule has 0 amide bonds. The Morgan fingerprint density at radius 1 is 1.04 bits per heavy atom. The third kappa shape index (κ3) is 7.47. The van der Waals surface area contributed by atoms with Crippen LogP contribution in [0, 0.1) is 5.92 Å². The maximum absolute atomic E-state index is 10.6. The first-order valence-electron chi connectivity index (χ1n) is 10.1. The van der Waals surface area contributed by atoms with E-state index >= 15 is 0 Å². The molecule has 9 nitrogen and oxygen atoms in total. The minimum absolute atomic E-state index is 0.105. The van der Waals surface area contributed by atoms with Crippen molar-refractivity contribution in [3.8, 4) is 0 Å². The van der Waals surface area contributed by atoms with Crippen molar-refractivity contribution in [1.29, 1.82) is 0 Å². The molecule has 4 N–H and O–H groups in total. The Morgan fingerprint density at radius 3 is 2.50 bits per heavy atom. The van der Waals surface area contributed by atoms with Gasteiger partial charge in [0.25, 0.3) is 0 Å². The summed E-state index contributed by atoms with van der Waals surface area (Å²) in [5.41, 5.74) is 0. The van der Waals surface area contributed by atoms with E-state index in [1.807, 2.05) is 6.92 Å². The van der Waals surface area contributed by atoms with Crippen LogP contribution < -0.4 is 0 Å². The van der Waals surface area contributed by atoms with E-state index in [1.54, 1.807) is 6.92 Å². The fraction of sp³-hybridized carbons (Fsp3) is 1.00. The molecular formula is C19H36O9. The Balaban J connectivity index is 1.88. The first-order valence-corrected chi connectivity index (χ1v) is 10.1.